The Hall–Kier alpha value is -5.16. The second-order valence-corrected chi connectivity index (χ2v) is 14.5. The zero-order chi connectivity index (χ0) is 38.5. The summed E-state index contributed by atoms with van der Waals surface area (Å²) in [6.07, 6.45) is 3.57. The number of hydrogen-bond donors (Lipinski definition) is 0. The molecule has 3 aliphatic heterocycles. The van der Waals surface area contributed by atoms with E-state index in [-0.39, 0.29) is 24.8 Å². The molecule has 0 aliphatic carbocycles. The maximum Gasteiger partial charge on any atom is 0.415 e. The molecule has 284 valence electrons. The van der Waals surface area contributed by atoms with E-state index >= 15 is 4.39 Å². The van der Waals surface area contributed by atoms with Crippen molar-refractivity contribution >= 4 is 41.0 Å². The fraction of sp³-hybridized carbons (Fsp3) is 0.279. The molecule has 2 atom stereocenters. The molecular formula is C43H40Cl2FN3O6. The van der Waals surface area contributed by atoms with E-state index in [1.54, 1.807) is 61.7 Å². The van der Waals surface area contributed by atoms with E-state index in [1.807, 2.05) is 30.3 Å². The number of rotatable bonds is 12. The summed E-state index contributed by atoms with van der Waals surface area (Å²) in [6, 6.07) is 26.2. The van der Waals surface area contributed by atoms with Crippen LogP contribution in [0.5, 0.6) is 11.5 Å². The van der Waals surface area contributed by atoms with Crippen molar-refractivity contribution in [3.63, 3.8) is 0 Å². The van der Waals surface area contributed by atoms with Crippen LogP contribution in [-0.2, 0) is 22.4 Å². The first-order chi connectivity index (χ1) is 26.7. The van der Waals surface area contributed by atoms with Crippen LogP contribution in [0, 0.1) is 11.7 Å². The first-order valence-electron chi connectivity index (χ1n) is 18.1. The summed E-state index contributed by atoms with van der Waals surface area (Å²) in [5.41, 5.74) is 4.11. The van der Waals surface area contributed by atoms with Crippen LogP contribution in [0.15, 0.2) is 103 Å². The molecule has 0 saturated carbocycles. The third-order valence-electron chi connectivity index (χ3n) is 10.3. The molecule has 2 bridgehead atoms. The number of hydrogen-bond acceptors (Lipinski definition) is 8. The van der Waals surface area contributed by atoms with E-state index in [9.17, 15) is 9.59 Å². The minimum atomic E-state index is -0.789. The van der Waals surface area contributed by atoms with Crippen LogP contribution in [0.1, 0.15) is 46.0 Å². The summed E-state index contributed by atoms with van der Waals surface area (Å²) in [4.78, 5) is 35.2. The average molecular weight is 785 g/mol. The van der Waals surface area contributed by atoms with Crippen molar-refractivity contribution in [2.24, 2.45) is 5.92 Å². The van der Waals surface area contributed by atoms with Crippen LogP contribution < -0.4 is 14.4 Å². The molecule has 9 nitrogen and oxygen atoms in total. The van der Waals surface area contributed by atoms with Crippen molar-refractivity contribution in [1.82, 2.24) is 9.88 Å². The van der Waals surface area contributed by atoms with E-state index in [2.05, 4.69) is 9.88 Å². The van der Waals surface area contributed by atoms with E-state index in [0.717, 1.165) is 42.6 Å². The van der Waals surface area contributed by atoms with Crippen LogP contribution >= 0.6 is 23.2 Å². The van der Waals surface area contributed by atoms with Crippen LogP contribution in [-0.4, -0.2) is 61.9 Å². The lowest BCUT2D eigenvalue weighted by molar-refractivity contribution is -0.0311. The number of amides is 1. The van der Waals surface area contributed by atoms with E-state index in [1.165, 1.54) is 30.5 Å². The predicted octanol–water partition coefficient (Wildman–Crippen LogP) is 9.59. The quantitative estimate of drug-likeness (QED) is 0.116. The van der Waals surface area contributed by atoms with Crippen molar-refractivity contribution < 1.29 is 32.9 Å². The number of carbonyl (C=O) groups is 2. The van der Waals surface area contributed by atoms with Gasteiger partial charge in [0, 0.05) is 25.4 Å². The Balaban J connectivity index is 1.10. The largest absolute Gasteiger partial charge is 0.493 e. The standard InChI is InChI=1S/C43H40Cl2FN3O6/c1-52-38-15-14-31(21-40(38)53-2)39(22-33-34(44)23-47-24-35(33)45)54-42(50)32-7-5-6-30(20-32)28-12-10-27(11-13-28)25-49(37-9-4-3-8-36(37)46)43(51)55-41-26-48-18-16-29(41)17-19-48/h3-15,20-21,23-24,29,39,41H,16-19,22,25-26H2,1-2H3/t39-,41-/m0/s1. The molecule has 5 aromatic rings. The Kier molecular flexibility index (Phi) is 11.9. The summed E-state index contributed by atoms with van der Waals surface area (Å²) in [5, 5.41) is 0.699. The van der Waals surface area contributed by atoms with Gasteiger partial charge in [0.2, 0.25) is 0 Å². The molecule has 1 amide bonds. The minimum absolute atomic E-state index is 0.108. The molecule has 3 saturated heterocycles. The van der Waals surface area contributed by atoms with Crippen LogP contribution in [0.4, 0.5) is 14.9 Å². The van der Waals surface area contributed by atoms with Crippen LogP contribution in [0.3, 0.4) is 0 Å². The molecular weight excluding hydrogens is 744 g/mol. The average Bonchev–Trinajstić information content (AvgIpc) is 3.21. The molecule has 0 radical (unpaired) electrons. The molecule has 1 aromatic heterocycles. The highest BCUT2D eigenvalue weighted by molar-refractivity contribution is 6.35. The summed E-state index contributed by atoms with van der Waals surface area (Å²) in [6.45, 7) is 2.84. The molecule has 55 heavy (non-hydrogen) atoms. The Morgan fingerprint density at radius 3 is 2.27 bits per heavy atom. The second-order valence-electron chi connectivity index (χ2n) is 13.7. The van der Waals surface area contributed by atoms with Gasteiger partial charge >= 0.3 is 12.1 Å². The van der Waals surface area contributed by atoms with Crippen LogP contribution in [0.25, 0.3) is 11.1 Å². The number of para-hydroxylation sites is 1. The summed E-state index contributed by atoms with van der Waals surface area (Å²) < 4.78 is 38.2. The predicted molar refractivity (Wildman–Crippen MR) is 210 cm³/mol. The number of fused-ring (bicyclic) bond motifs is 3. The van der Waals surface area contributed by atoms with Gasteiger partial charge in [-0.3, -0.25) is 14.8 Å². The van der Waals surface area contributed by atoms with E-state index < -0.39 is 24.0 Å². The first kappa shape index (κ1) is 38.1. The summed E-state index contributed by atoms with van der Waals surface area (Å²) >= 11 is 13.0. The zero-order valence-corrected chi connectivity index (χ0v) is 31.9. The SMILES string of the molecule is COc1ccc([C@H](Cc2c(Cl)cncc2Cl)OC(=O)c2cccc(-c3ccc(CN(C(=O)O[C@H]4CN5CCC4CC5)c4ccccc4F)cc3)c2)cc1OC. The number of nitrogens with zero attached hydrogens (tertiary/aromatic N) is 3. The number of esters is 1. The normalized spacial score (nSPS) is 17.9. The lowest BCUT2D eigenvalue weighted by Crippen LogP contribution is -2.53. The van der Waals surface area contributed by atoms with Gasteiger partial charge in [0.15, 0.2) is 11.5 Å². The number of benzene rings is 4. The van der Waals surface area contributed by atoms with Crippen molar-refractivity contribution in [3.05, 3.63) is 142 Å². The highest BCUT2D eigenvalue weighted by Gasteiger charge is 2.37. The Morgan fingerprint density at radius 2 is 1.60 bits per heavy atom. The maximum absolute atomic E-state index is 15.1. The van der Waals surface area contributed by atoms with Crippen molar-refractivity contribution in [2.75, 3.05) is 38.8 Å². The topological polar surface area (TPSA) is 90.4 Å². The highest BCUT2D eigenvalue weighted by atomic mass is 35.5. The monoisotopic (exact) mass is 783 g/mol. The Labute approximate surface area is 329 Å². The molecule has 4 heterocycles. The number of ether oxygens (including phenoxy) is 4. The lowest BCUT2D eigenvalue weighted by atomic mass is 9.86. The molecule has 0 spiro atoms. The number of pyridine rings is 1. The molecule has 0 unspecified atom stereocenters. The number of aromatic nitrogens is 1. The number of piperidine rings is 3. The fourth-order valence-electron chi connectivity index (χ4n) is 7.26. The molecule has 4 aromatic carbocycles. The summed E-state index contributed by atoms with van der Waals surface area (Å²) in [7, 11) is 3.08. The second kappa shape index (κ2) is 17.1. The van der Waals surface area contributed by atoms with Crippen LogP contribution in [0.2, 0.25) is 10.0 Å². The minimum Gasteiger partial charge on any atom is -0.493 e. The number of methoxy groups -OCH3 is 2. The molecule has 3 fully saturated rings. The highest BCUT2D eigenvalue weighted by Crippen LogP contribution is 2.36. The van der Waals surface area contributed by atoms with Gasteiger partial charge in [-0.05, 0) is 96.1 Å². The molecule has 3 aliphatic rings. The lowest BCUT2D eigenvalue weighted by Gasteiger charge is -2.44. The van der Waals surface area contributed by atoms with Gasteiger partial charge in [-0.15, -0.1) is 0 Å². The van der Waals surface area contributed by atoms with Gasteiger partial charge < -0.3 is 18.9 Å². The van der Waals surface area contributed by atoms with E-state index in [4.69, 9.17) is 42.1 Å². The van der Waals surface area contributed by atoms with Gasteiger partial charge in [-0.2, -0.15) is 0 Å². The third kappa shape index (κ3) is 8.72. The van der Waals surface area contributed by atoms with Crippen molar-refractivity contribution in [1.29, 1.82) is 0 Å². The molecule has 12 heteroatoms. The summed E-state index contributed by atoms with van der Waals surface area (Å²) in [5.74, 6) is 0.260. The molecule has 0 N–H and O–H groups in total. The first-order valence-corrected chi connectivity index (χ1v) is 18.8. The van der Waals surface area contributed by atoms with E-state index in [0.29, 0.717) is 50.7 Å². The third-order valence-corrected chi connectivity index (χ3v) is 11.0. The Bertz CT molecular complexity index is 2140. The zero-order valence-electron chi connectivity index (χ0n) is 30.4. The van der Waals surface area contributed by atoms with Gasteiger partial charge in [-0.1, -0.05) is 77.8 Å². The van der Waals surface area contributed by atoms with Gasteiger partial charge in [-0.25, -0.2) is 14.0 Å². The van der Waals surface area contributed by atoms with Gasteiger partial charge in [0.1, 0.15) is 18.0 Å². The fourth-order valence-corrected chi connectivity index (χ4v) is 7.78. The van der Waals surface area contributed by atoms with Crippen molar-refractivity contribution in [2.45, 2.75) is 38.0 Å². The number of anilines is 1. The number of carbonyl (C=O) groups excluding carboxylic acids is 2. The maximum atomic E-state index is 15.1. The van der Waals surface area contributed by atoms with Gasteiger partial charge in [0.05, 0.1) is 42.1 Å². The van der Waals surface area contributed by atoms with Crippen molar-refractivity contribution in [3.8, 4) is 22.6 Å². The van der Waals surface area contributed by atoms with Gasteiger partial charge in [0.25, 0.3) is 0 Å². The Morgan fingerprint density at radius 1 is 0.873 bits per heavy atom. The number of halogens is 3. The molecule has 8 rings (SSSR count). The smallest absolute Gasteiger partial charge is 0.415 e.